The maximum atomic E-state index is 12.9. The Labute approximate surface area is 141 Å². The van der Waals surface area contributed by atoms with Crippen molar-refractivity contribution in [2.45, 2.75) is 6.18 Å². The molecule has 0 atom stereocenters. The summed E-state index contributed by atoms with van der Waals surface area (Å²) in [6.07, 6.45) is -3.63. The van der Waals surface area contributed by atoms with Crippen LogP contribution in [0.4, 0.5) is 13.2 Å². The average Bonchev–Trinajstić information content (AvgIpc) is 2.90. The van der Waals surface area contributed by atoms with Crippen LogP contribution in [0, 0.1) is 0 Å². The van der Waals surface area contributed by atoms with Crippen LogP contribution >= 0.6 is 11.6 Å². The molecule has 0 fully saturated rings. The van der Waals surface area contributed by atoms with E-state index in [1.807, 2.05) is 0 Å². The molecule has 0 unspecified atom stereocenters. The molecule has 24 heavy (non-hydrogen) atoms. The number of hydrogen-bond acceptors (Lipinski definition) is 3. The molecule has 130 valence electrons. The highest BCUT2D eigenvalue weighted by Crippen LogP contribution is 2.31. The highest BCUT2D eigenvalue weighted by molar-refractivity contribution is 6.30. The Morgan fingerprint density at radius 1 is 1.33 bits per heavy atom. The van der Waals surface area contributed by atoms with Crippen molar-refractivity contribution in [2.24, 2.45) is 7.05 Å². The minimum absolute atomic E-state index is 0.119. The van der Waals surface area contributed by atoms with E-state index in [0.717, 1.165) is 15.8 Å². The van der Waals surface area contributed by atoms with Gasteiger partial charge in [-0.05, 0) is 24.3 Å². The number of likely N-dealkylation sites (N-methyl/N-ethyl adjacent to an activating group) is 1. The van der Waals surface area contributed by atoms with Crippen molar-refractivity contribution < 1.29 is 22.7 Å². The molecule has 1 amide bonds. The van der Waals surface area contributed by atoms with Gasteiger partial charge in [-0.15, -0.1) is 0 Å². The summed E-state index contributed by atoms with van der Waals surface area (Å²) in [5.74, 6) is -0.215. The largest absolute Gasteiger partial charge is 0.492 e. The van der Waals surface area contributed by atoms with Gasteiger partial charge in [-0.2, -0.15) is 18.3 Å². The zero-order chi connectivity index (χ0) is 17.9. The second kappa shape index (κ2) is 7.12. The zero-order valence-electron chi connectivity index (χ0n) is 13.0. The number of benzene rings is 1. The summed E-state index contributed by atoms with van der Waals surface area (Å²) in [7, 11) is 2.73. The van der Waals surface area contributed by atoms with Crippen LogP contribution < -0.4 is 4.74 Å². The van der Waals surface area contributed by atoms with Gasteiger partial charge in [0.1, 0.15) is 12.4 Å². The van der Waals surface area contributed by atoms with Crippen LogP contribution in [0.3, 0.4) is 0 Å². The normalized spacial score (nSPS) is 11.4. The number of nitrogens with zero attached hydrogens (tertiary/aromatic N) is 3. The Kier molecular flexibility index (Phi) is 5.38. The molecule has 0 bridgehead atoms. The molecule has 0 N–H and O–H groups in total. The molecule has 0 saturated heterocycles. The number of aryl methyl sites for hydroxylation is 1. The SMILES string of the molecule is CN(CCOc1ccc(Cl)cc1)C(=O)c1cn(C)nc1C(F)(F)F. The number of aromatic nitrogens is 2. The molecule has 2 aromatic rings. The maximum Gasteiger partial charge on any atom is 0.435 e. The Morgan fingerprint density at radius 2 is 1.96 bits per heavy atom. The van der Waals surface area contributed by atoms with Gasteiger partial charge in [-0.25, -0.2) is 0 Å². The van der Waals surface area contributed by atoms with Crippen LogP contribution in [0.1, 0.15) is 16.1 Å². The molecule has 9 heteroatoms. The summed E-state index contributed by atoms with van der Waals surface area (Å²) in [5.41, 5.74) is -1.68. The van der Waals surface area contributed by atoms with E-state index >= 15 is 0 Å². The molecule has 0 radical (unpaired) electrons. The zero-order valence-corrected chi connectivity index (χ0v) is 13.7. The van der Waals surface area contributed by atoms with Crippen molar-refractivity contribution in [2.75, 3.05) is 20.2 Å². The monoisotopic (exact) mass is 361 g/mol. The van der Waals surface area contributed by atoms with Crippen molar-refractivity contribution >= 4 is 17.5 Å². The third-order valence-electron chi connectivity index (χ3n) is 3.18. The molecule has 0 saturated carbocycles. The lowest BCUT2D eigenvalue weighted by atomic mass is 10.2. The maximum absolute atomic E-state index is 12.9. The standard InChI is InChI=1S/C15H15ClF3N3O2/c1-21(7-8-24-11-5-3-10(16)4-6-11)14(23)12-9-22(2)20-13(12)15(17,18)19/h3-6,9H,7-8H2,1-2H3. The van der Waals surface area contributed by atoms with E-state index in [4.69, 9.17) is 16.3 Å². The number of ether oxygens (including phenoxy) is 1. The summed E-state index contributed by atoms with van der Waals surface area (Å²) in [4.78, 5) is 13.4. The second-order valence-electron chi connectivity index (χ2n) is 5.09. The van der Waals surface area contributed by atoms with E-state index in [1.54, 1.807) is 24.3 Å². The van der Waals surface area contributed by atoms with Crippen molar-refractivity contribution in [3.8, 4) is 5.75 Å². The summed E-state index contributed by atoms with van der Waals surface area (Å²) < 4.78 is 45.1. The first-order valence-corrected chi connectivity index (χ1v) is 7.31. The molecule has 0 spiro atoms. The molecule has 0 aliphatic heterocycles. The van der Waals surface area contributed by atoms with E-state index < -0.39 is 23.3 Å². The van der Waals surface area contributed by atoms with Crippen molar-refractivity contribution in [1.82, 2.24) is 14.7 Å². The quantitative estimate of drug-likeness (QED) is 0.821. The van der Waals surface area contributed by atoms with Gasteiger partial charge in [0.2, 0.25) is 0 Å². The predicted octanol–water partition coefficient (Wildman–Crippen LogP) is 3.24. The first-order chi connectivity index (χ1) is 11.2. The van der Waals surface area contributed by atoms with Crippen molar-refractivity contribution in [1.29, 1.82) is 0 Å². The Morgan fingerprint density at radius 3 is 2.54 bits per heavy atom. The van der Waals surface area contributed by atoms with Gasteiger partial charge in [0.15, 0.2) is 5.69 Å². The molecule has 2 rings (SSSR count). The molecular weight excluding hydrogens is 347 g/mol. The van der Waals surface area contributed by atoms with Gasteiger partial charge in [0.05, 0.1) is 12.1 Å². The van der Waals surface area contributed by atoms with Crippen LogP contribution in [0.25, 0.3) is 0 Å². The summed E-state index contributed by atoms with van der Waals surface area (Å²) in [6.45, 7) is 0.249. The first kappa shape index (κ1) is 18.1. The fourth-order valence-electron chi connectivity index (χ4n) is 1.99. The smallest absolute Gasteiger partial charge is 0.435 e. The van der Waals surface area contributed by atoms with Crippen LogP contribution in [0.15, 0.2) is 30.5 Å². The minimum Gasteiger partial charge on any atom is -0.492 e. The van der Waals surface area contributed by atoms with Gasteiger partial charge in [-0.1, -0.05) is 11.6 Å². The fourth-order valence-corrected chi connectivity index (χ4v) is 2.12. The Hall–Kier alpha value is -2.22. The average molecular weight is 362 g/mol. The molecule has 5 nitrogen and oxygen atoms in total. The van der Waals surface area contributed by atoms with E-state index in [1.165, 1.54) is 14.1 Å². The molecule has 1 heterocycles. The highest BCUT2D eigenvalue weighted by atomic mass is 35.5. The van der Waals surface area contributed by atoms with Gasteiger partial charge >= 0.3 is 6.18 Å². The molecule has 0 aliphatic rings. The summed E-state index contributed by atoms with van der Waals surface area (Å²) >= 11 is 5.75. The number of alkyl halides is 3. The number of hydrogen-bond donors (Lipinski definition) is 0. The highest BCUT2D eigenvalue weighted by Gasteiger charge is 2.39. The third-order valence-corrected chi connectivity index (χ3v) is 3.44. The van der Waals surface area contributed by atoms with Gasteiger partial charge in [0.25, 0.3) is 5.91 Å². The van der Waals surface area contributed by atoms with E-state index in [-0.39, 0.29) is 13.2 Å². The predicted molar refractivity (Wildman–Crippen MR) is 82.1 cm³/mol. The van der Waals surface area contributed by atoms with Gasteiger partial charge in [0, 0.05) is 25.3 Å². The molecular formula is C15H15ClF3N3O2. The lowest BCUT2D eigenvalue weighted by Gasteiger charge is -2.17. The van der Waals surface area contributed by atoms with Crippen LogP contribution in [-0.2, 0) is 13.2 Å². The third kappa shape index (κ3) is 4.41. The topological polar surface area (TPSA) is 47.4 Å². The number of amides is 1. The van der Waals surface area contributed by atoms with Crippen LogP contribution in [0.5, 0.6) is 5.75 Å². The van der Waals surface area contributed by atoms with E-state index in [2.05, 4.69) is 5.10 Å². The number of carbonyl (C=O) groups excluding carboxylic acids is 1. The molecule has 1 aromatic heterocycles. The molecule has 1 aromatic carbocycles. The van der Waals surface area contributed by atoms with Crippen molar-refractivity contribution in [3.63, 3.8) is 0 Å². The molecule has 0 aliphatic carbocycles. The Balaban J connectivity index is 1.98. The fraction of sp³-hybridized carbons (Fsp3) is 0.333. The van der Waals surface area contributed by atoms with E-state index in [0.29, 0.717) is 10.8 Å². The van der Waals surface area contributed by atoms with Crippen molar-refractivity contribution in [3.05, 3.63) is 46.7 Å². The lowest BCUT2D eigenvalue weighted by molar-refractivity contribution is -0.141. The lowest BCUT2D eigenvalue weighted by Crippen LogP contribution is -2.32. The Bertz CT molecular complexity index is 714. The first-order valence-electron chi connectivity index (χ1n) is 6.93. The number of carbonyl (C=O) groups is 1. The van der Waals surface area contributed by atoms with Crippen LogP contribution in [-0.4, -0.2) is 40.8 Å². The van der Waals surface area contributed by atoms with E-state index in [9.17, 15) is 18.0 Å². The van der Waals surface area contributed by atoms with Gasteiger partial charge in [-0.3, -0.25) is 9.48 Å². The van der Waals surface area contributed by atoms with Gasteiger partial charge < -0.3 is 9.64 Å². The number of rotatable bonds is 5. The second-order valence-corrected chi connectivity index (χ2v) is 5.53. The number of halogens is 4. The summed E-state index contributed by atoms with van der Waals surface area (Å²) in [5, 5.41) is 3.88. The minimum atomic E-state index is -4.69. The van der Waals surface area contributed by atoms with Crippen LogP contribution in [0.2, 0.25) is 5.02 Å². The summed E-state index contributed by atoms with van der Waals surface area (Å²) in [6, 6.07) is 6.62.